The summed E-state index contributed by atoms with van der Waals surface area (Å²) < 4.78 is 17.6. The van der Waals surface area contributed by atoms with Gasteiger partial charge in [-0.25, -0.2) is 14.7 Å². The van der Waals surface area contributed by atoms with Crippen LogP contribution in [0.1, 0.15) is 22.3 Å². The van der Waals surface area contributed by atoms with Gasteiger partial charge in [-0.15, -0.1) is 0 Å². The molecule has 2 aromatic rings. The minimum Gasteiger partial charge on any atom is -0.472 e. The molecule has 1 saturated heterocycles. The molecule has 0 radical (unpaired) electrons. The van der Waals surface area contributed by atoms with Crippen LogP contribution in [0.4, 0.5) is 10.2 Å². The molecule has 0 aliphatic carbocycles. The van der Waals surface area contributed by atoms with E-state index in [9.17, 15) is 9.32 Å². The molecule has 0 spiro atoms. The van der Waals surface area contributed by atoms with Crippen LogP contribution in [-0.4, -0.2) is 30.1 Å². The number of hydrogen-bond acceptors (Lipinski definition) is 6. The van der Waals surface area contributed by atoms with Crippen molar-refractivity contribution >= 4 is 23.3 Å². The third-order valence-electron chi connectivity index (χ3n) is 3.91. The zero-order valence-corrected chi connectivity index (χ0v) is 13.7. The fourth-order valence-electron chi connectivity index (χ4n) is 2.64. The van der Waals surface area contributed by atoms with E-state index in [-0.39, 0.29) is 11.7 Å². The van der Waals surface area contributed by atoms with Gasteiger partial charge in [0, 0.05) is 35.4 Å². The fourth-order valence-corrected chi connectivity index (χ4v) is 2.85. The van der Waals surface area contributed by atoms with Crippen molar-refractivity contribution in [2.75, 3.05) is 18.0 Å². The molecular formula is C17H13ClFN3O3. The Labute approximate surface area is 148 Å². The molecule has 0 saturated carbocycles. The van der Waals surface area contributed by atoms with Crippen LogP contribution in [0.3, 0.4) is 0 Å². The van der Waals surface area contributed by atoms with E-state index in [1.165, 1.54) is 18.3 Å². The number of nitriles is 1. The summed E-state index contributed by atoms with van der Waals surface area (Å²) in [4.78, 5) is 20.3. The highest BCUT2D eigenvalue weighted by atomic mass is 35.5. The van der Waals surface area contributed by atoms with Gasteiger partial charge in [-0.05, 0) is 24.3 Å². The molecule has 2 heterocycles. The summed E-state index contributed by atoms with van der Waals surface area (Å²) in [6.07, 6.45) is 1.90. The first kappa shape index (κ1) is 17.0. The second-order valence-corrected chi connectivity index (χ2v) is 5.91. The first-order valence-electron chi connectivity index (χ1n) is 7.51. The maximum atomic E-state index is 11.8. The van der Waals surface area contributed by atoms with Crippen molar-refractivity contribution in [2.45, 2.75) is 12.5 Å². The number of ether oxygens (including phenoxy) is 1. The van der Waals surface area contributed by atoms with Crippen LogP contribution in [-0.2, 0) is 4.94 Å². The lowest BCUT2D eigenvalue weighted by Gasteiger charge is -2.19. The molecule has 1 aromatic carbocycles. The van der Waals surface area contributed by atoms with Crippen LogP contribution >= 0.6 is 11.6 Å². The summed E-state index contributed by atoms with van der Waals surface area (Å²) in [6.45, 7) is 1.41. The van der Waals surface area contributed by atoms with Gasteiger partial charge in [0.25, 0.3) is 0 Å². The van der Waals surface area contributed by atoms with Gasteiger partial charge < -0.3 is 9.64 Å². The van der Waals surface area contributed by atoms with Crippen LogP contribution in [0.25, 0.3) is 0 Å². The average Bonchev–Trinajstić information content (AvgIpc) is 3.10. The molecule has 8 heteroatoms. The Morgan fingerprint density at radius 3 is 2.88 bits per heavy atom. The van der Waals surface area contributed by atoms with Gasteiger partial charge in [0.15, 0.2) is 0 Å². The molecular weight excluding hydrogens is 349 g/mol. The Morgan fingerprint density at radius 2 is 2.24 bits per heavy atom. The van der Waals surface area contributed by atoms with Crippen molar-refractivity contribution in [3.8, 4) is 11.9 Å². The standard InChI is InChI=1S/C17H13ClFN3O3/c18-15-7-13(3-1-11(15)8-20)22-6-5-14(10-22)24-16-4-2-12(9-21-16)17(23)25-19/h1-4,7,9,14H,5-6,10H2/t14-/m1/s1. The predicted molar refractivity (Wildman–Crippen MR) is 88.2 cm³/mol. The van der Waals surface area contributed by atoms with Gasteiger partial charge in [-0.2, -0.15) is 5.26 Å². The Morgan fingerprint density at radius 1 is 1.40 bits per heavy atom. The van der Waals surface area contributed by atoms with E-state index >= 15 is 0 Å². The van der Waals surface area contributed by atoms with Crippen molar-refractivity contribution < 1.29 is 19.0 Å². The smallest absolute Gasteiger partial charge is 0.381 e. The predicted octanol–water partition coefficient (Wildman–Crippen LogP) is 3.31. The summed E-state index contributed by atoms with van der Waals surface area (Å²) in [5.74, 6) is -0.746. The summed E-state index contributed by atoms with van der Waals surface area (Å²) in [5, 5.41) is 9.34. The molecule has 6 nitrogen and oxygen atoms in total. The molecule has 1 atom stereocenters. The van der Waals surface area contributed by atoms with Crippen LogP contribution < -0.4 is 9.64 Å². The normalized spacial score (nSPS) is 16.4. The van der Waals surface area contributed by atoms with Crippen LogP contribution in [0, 0.1) is 11.3 Å². The molecule has 0 N–H and O–H groups in total. The van der Waals surface area contributed by atoms with Gasteiger partial charge in [-0.3, -0.25) is 0 Å². The van der Waals surface area contributed by atoms with Crippen molar-refractivity contribution in [2.24, 2.45) is 0 Å². The Kier molecular flexibility index (Phi) is 5.00. The number of carbonyl (C=O) groups excluding carboxylic acids is 1. The summed E-state index contributed by atoms with van der Waals surface area (Å²) in [7, 11) is 0. The molecule has 0 amide bonds. The number of carbonyl (C=O) groups is 1. The van der Waals surface area contributed by atoms with Gasteiger partial charge in [0.1, 0.15) is 12.2 Å². The first-order valence-corrected chi connectivity index (χ1v) is 7.88. The van der Waals surface area contributed by atoms with Gasteiger partial charge in [0.2, 0.25) is 5.88 Å². The average molecular weight is 362 g/mol. The van der Waals surface area contributed by atoms with Crippen LogP contribution in [0.5, 0.6) is 5.88 Å². The number of nitrogens with zero attached hydrogens (tertiary/aromatic N) is 3. The molecule has 3 rings (SSSR count). The summed E-state index contributed by atoms with van der Waals surface area (Å²) in [5.41, 5.74) is 1.37. The third kappa shape index (κ3) is 3.80. The molecule has 1 fully saturated rings. The highest BCUT2D eigenvalue weighted by molar-refractivity contribution is 6.32. The SMILES string of the molecule is N#Cc1ccc(N2CC[C@@H](Oc3ccc(C(=O)OF)cn3)C2)cc1Cl. The molecule has 0 unspecified atom stereocenters. The number of aromatic nitrogens is 1. The van der Waals surface area contributed by atoms with E-state index in [2.05, 4.69) is 14.8 Å². The van der Waals surface area contributed by atoms with Crippen LogP contribution in [0.15, 0.2) is 36.5 Å². The van der Waals surface area contributed by atoms with E-state index in [1.807, 2.05) is 12.1 Å². The van der Waals surface area contributed by atoms with E-state index in [4.69, 9.17) is 21.6 Å². The molecule has 128 valence electrons. The van der Waals surface area contributed by atoms with Crippen molar-refractivity contribution in [1.82, 2.24) is 4.98 Å². The van der Waals surface area contributed by atoms with E-state index in [1.54, 1.807) is 12.1 Å². The molecule has 25 heavy (non-hydrogen) atoms. The number of benzene rings is 1. The Bertz CT molecular complexity index is 823. The van der Waals surface area contributed by atoms with Gasteiger partial charge in [0.05, 0.1) is 22.7 Å². The largest absolute Gasteiger partial charge is 0.472 e. The third-order valence-corrected chi connectivity index (χ3v) is 4.23. The quantitative estimate of drug-likeness (QED) is 0.831. The second kappa shape index (κ2) is 7.36. The highest BCUT2D eigenvalue weighted by Gasteiger charge is 2.25. The topological polar surface area (TPSA) is 75.5 Å². The summed E-state index contributed by atoms with van der Waals surface area (Å²) >= 11 is 6.07. The number of halogens is 2. The lowest BCUT2D eigenvalue weighted by Crippen LogP contribution is -2.24. The Hall–Kier alpha value is -2.85. The van der Waals surface area contributed by atoms with Crippen LogP contribution in [0.2, 0.25) is 5.02 Å². The molecule has 0 bridgehead atoms. The van der Waals surface area contributed by atoms with E-state index < -0.39 is 5.97 Å². The monoisotopic (exact) mass is 361 g/mol. The van der Waals surface area contributed by atoms with Crippen molar-refractivity contribution in [1.29, 1.82) is 5.26 Å². The lowest BCUT2D eigenvalue weighted by atomic mass is 10.2. The number of hydrogen-bond donors (Lipinski definition) is 0. The van der Waals surface area contributed by atoms with E-state index in [0.29, 0.717) is 23.0 Å². The van der Waals surface area contributed by atoms with Crippen molar-refractivity contribution in [3.05, 3.63) is 52.7 Å². The lowest BCUT2D eigenvalue weighted by molar-refractivity contribution is -0.0788. The van der Waals surface area contributed by atoms with Gasteiger partial charge in [-0.1, -0.05) is 11.6 Å². The number of anilines is 1. The second-order valence-electron chi connectivity index (χ2n) is 5.50. The minimum absolute atomic E-state index is 0.00937. The molecule has 1 aliphatic heterocycles. The Balaban J connectivity index is 1.62. The van der Waals surface area contributed by atoms with E-state index in [0.717, 1.165) is 18.7 Å². The zero-order chi connectivity index (χ0) is 17.8. The number of rotatable bonds is 4. The molecule has 1 aromatic heterocycles. The maximum absolute atomic E-state index is 11.8. The molecule has 1 aliphatic rings. The zero-order valence-electron chi connectivity index (χ0n) is 13.0. The van der Waals surface area contributed by atoms with Crippen molar-refractivity contribution in [3.63, 3.8) is 0 Å². The number of pyridine rings is 1. The highest BCUT2D eigenvalue weighted by Crippen LogP contribution is 2.27. The summed E-state index contributed by atoms with van der Waals surface area (Å²) in [6, 6.07) is 10.2. The first-order chi connectivity index (χ1) is 12.1. The fraction of sp³-hybridized carbons (Fsp3) is 0.235. The maximum Gasteiger partial charge on any atom is 0.381 e. The minimum atomic E-state index is -1.09. The van der Waals surface area contributed by atoms with Gasteiger partial charge >= 0.3 is 5.97 Å².